The number of nitrogens with two attached hydrogens (primary N) is 1. The zero-order chi connectivity index (χ0) is 14.0. The Morgan fingerprint density at radius 2 is 1.95 bits per heavy atom. The summed E-state index contributed by atoms with van der Waals surface area (Å²) in [4.78, 5) is 7.65. The third kappa shape index (κ3) is 2.93. The third-order valence-corrected chi connectivity index (χ3v) is 2.70. The molecule has 0 radical (unpaired) electrons. The monoisotopic (exact) mass is 333 g/mol. The highest BCUT2D eigenvalue weighted by atomic mass is 79.9. The number of nitrogen functional groups attached to an aromatic ring is 1. The number of nitrogens with zero attached hydrogens (tertiary/aromatic N) is 2. The average molecular weight is 334 g/mol. The Morgan fingerprint density at radius 1 is 1.21 bits per heavy atom. The summed E-state index contributed by atoms with van der Waals surface area (Å²) in [6.45, 7) is 0. The van der Waals surface area contributed by atoms with Gasteiger partial charge in [-0.05, 0) is 15.9 Å². The minimum Gasteiger partial charge on any atom is -0.337 e. The van der Waals surface area contributed by atoms with E-state index in [1.807, 2.05) is 0 Å². The smallest absolute Gasteiger partial charge is 0.239 e. The van der Waals surface area contributed by atoms with Gasteiger partial charge in [-0.1, -0.05) is 0 Å². The molecule has 0 amide bonds. The number of hydrogen-bond donors (Lipinski definition) is 3. The molecule has 100 valence electrons. The lowest BCUT2D eigenvalue weighted by atomic mass is 10.3. The van der Waals surface area contributed by atoms with E-state index in [1.54, 1.807) is 0 Å². The number of hydrogen-bond acceptors (Lipinski definition) is 5. The second-order valence-corrected chi connectivity index (χ2v) is 4.26. The molecule has 19 heavy (non-hydrogen) atoms. The normalized spacial score (nSPS) is 10.4. The van der Waals surface area contributed by atoms with Crippen LogP contribution in [-0.2, 0) is 0 Å². The minimum atomic E-state index is -1.30. The first-order chi connectivity index (χ1) is 9.01. The fraction of sp³-hybridized carbons (Fsp3) is 0. The molecule has 2 aromatic rings. The lowest BCUT2D eigenvalue weighted by molar-refractivity contribution is 0.498. The summed E-state index contributed by atoms with van der Waals surface area (Å²) in [5.41, 5.74) is 1.80. The van der Waals surface area contributed by atoms with E-state index in [0.29, 0.717) is 10.5 Å². The first kappa shape index (κ1) is 13.6. The van der Waals surface area contributed by atoms with E-state index in [-0.39, 0.29) is 17.5 Å². The van der Waals surface area contributed by atoms with E-state index in [9.17, 15) is 13.2 Å². The van der Waals surface area contributed by atoms with Crippen LogP contribution in [-0.4, -0.2) is 9.97 Å². The molecule has 0 saturated carbocycles. The molecule has 0 spiro atoms. The summed E-state index contributed by atoms with van der Waals surface area (Å²) in [6.07, 6.45) is 1.35. The van der Waals surface area contributed by atoms with Gasteiger partial charge in [0.15, 0.2) is 17.5 Å². The highest BCUT2D eigenvalue weighted by Gasteiger charge is 2.13. The molecular weight excluding hydrogens is 327 g/mol. The molecule has 5 nitrogen and oxygen atoms in total. The van der Waals surface area contributed by atoms with Crippen LogP contribution in [0, 0.1) is 17.5 Å². The molecule has 0 atom stereocenters. The van der Waals surface area contributed by atoms with Crippen LogP contribution < -0.4 is 16.6 Å². The number of aromatic nitrogens is 2. The third-order valence-electron chi connectivity index (χ3n) is 2.12. The van der Waals surface area contributed by atoms with Crippen molar-refractivity contribution >= 4 is 33.4 Å². The van der Waals surface area contributed by atoms with Crippen molar-refractivity contribution in [2.45, 2.75) is 0 Å². The molecule has 1 heterocycles. The number of nitrogens with one attached hydrogen (secondary N) is 2. The Hall–Kier alpha value is -1.87. The summed E-state index contributed by atoms with van der Waals surface area (Å²) in [7, 11) is 0. The summed E-state index contributed by atoms with van der Waals surface area (Å²) < 4.78 is 39.9. The van der Waals surface area contributed by atoms with Crippen molar-refractivity contribution in [2.75, 3.05) is 10.7 Å². The summed E-state index contributed by atoms with van der Waals surface area (Å²) in [5.74, 6) is 1.86. The van der Waals surface area contributed by atoms with Gasteiger partial charge in [0.25, 0.3) is 0 Å². The lowest BCUT2D eigenvalue weighted by Crippen LogP contribution is -2.11. The quantitative estimate of drug-likeness (QED) is 0.457. The Morgan fingerprint density at radius 3 is 2.63 bits per heavy atom. The van der Waals surface area contributed by atoms with Crippen molar-refractivity contribution in [3.63, 3.8) is 0 Å². The van der Waals surface area contributed by atoms with Crippen molar-refractivity contribution in [3.8, 4) is 0 Å². The van der Waals surface area contributed by atoms with Crippen LogP contribution in [0.1, 0.15) is 0 Å². The van der Waals surface area contributed by atoms with Crippen LogP contribution in [0.4, 0.5) is 30.6 Å². The van der Waals surface area contributed by atoms with Crippen molar-refractivity contribution < 1.29 is 13.2 Å². The van der Waals surface area contributed by atoms with Crippen molar-refractivity contribution in [1.29, 1.82) is 0 Å². The Bertz CT molecular complexity index is 622. The Balaban J connectivity index is 2.41. The maximum atomic E-state index is 13.5. The maximum absolute atomic E-state index is 13.5. The molecule has 9 heteroatoms. The first-order valence-electron chi connectivity index (χ1n) is 4.92. The van der Waals surface area contributed by atoms with Crippen molar-refractivity contribution in [1.82, 2.24) is 9.97 Å². The number of benzene rings is 1. The van der Waals surface area contributed by atoms with Crippen molar-refractivity contribution in [2.24, 2.45) is 5.84 Å². The van der Waals surface area contributed by atoms with Crippen LogP contribution in [0.25, 0.3) is 0 Å². The van der Waals surface area contributed by atoms with Crippen LogP contribution in [0.5, 0.6) is 0 Å². The van der Waals surface area contributed by atoms with Gasteiger partial charge in [0, 0.05) is 18.3 Å². The van der Waals surface area contributed by atoms with E-state index >= 15 is 0 Å². The van der Waals surface area contributed by atoms with E-state index in [2.05, 4.69) is 36.6 Å². The van der Waals surface area contributed by atoms with Gasteiger partial charge in [0.1, 0.15) is 5.82 Å². The number of halogens is 4. The van der Waals surface area contributed by atoms with Crippen molar-refractivity contribution in [3.05, 3.63) is 40.3 Å². The van der Waals surface area contributed by atoms with Gasteiger partial charge in [0.05, 0.1) is 10.2 Å². The van der Waals surface area contributed by atoms with E-state index in [1.165, 1.54) is 6.20 Å². The van der Waals surface area contributed by atoms with Gasteiger partial charge >= 0.3 is 0 Å². The van der Waals surface area contributed by atoms with Gasteiger partial charge in [0.2, 0.25) is 5.95 Å². The SMILES string of the molecule is NNc1ncc(Br)c(Nc2cc(F)cc(F)c2F)n1. The Labute approximate surface area is 114 Å². The molecule has 0 bridgehead atoms. The Kier molecular flexibility index (Phi) is 3.86. The highest BCUT2D eigenvalue weighted by Crippen LogP contribution is 2.27. The molecule has 0 aliphatic carbocycles. The molecule has 1 aromatic carbocycles. The molecular formula is C10H7BrF3N5. The average Bonchev–Trinajstić information content (AvgIpc) is 2.38. The fourth-order valence-electron chi connectivity index (χ4n) is 1.30. The predicted molar refractivity (Wildman–Crippen MR) is 67.1 cm³/mol. The van der Waals surface area contributed by atoms with E-state index in [0.717, 1.165) is 6.07 Å². The van der Waals surface area contributed by atoms with E-state index in [4.69, 9.17) is 5.84 Å². The van der Waals surface area contributed by atoms with Crippen LogP contribution in [0.2, 0.25) is 0 Å². The minimum absolute atomic E-state index is 0.0583. The summed E-state index contributed by atoms with van der Waals surface area (Å²) in [5, 5.41) is 2.45. The molecule has 0 unspecified atom stereocenters. The van der Waals surface area contributed by atoms with Gasteiger partial charge in [-0.15, -0.1) is 0 Å². The molecule has 0 aliphatic heterocycles. The summed E-state index contributed by atoms with van der Waals surface area (Å²) >= 11 is 3.11. The summed E-state index contributed by atoms with van der Waals surface area (Å²) in [6, 6.07) is 1.25. The molecule has 4 N–H and O–H groups in total. The number of rotatable bonds is 3. The zero-order valence-corrected chi connectivity index (χ0v) is 10.8. The second kappa shape index (κ2) is 5.41. The molecule has 0 aliphatic rings. The van der Waals surface area contributed by atoms with Gasteiger partial charge in [-0.25, -0.2) is 24.0 Å². The number of anilines is 3. The van der Waals surface area contributed by atoms with Crippen LogP contribution in [0.15, 0.2) is 22.8 Å². The standard InChI is InChI=1S/C10H7BrF3N5/c11-5-3-16-10(19-15)18-9(5)17-7-2-4(12)1-6(13)8(7)14/h1-3H,15H2,(H2,16,17,18,19). The molecule has 0 saturated heterocycles. The highest BCUT2D eigenvalue weighted by molar-refractivity contribution is 9.10. The zero-order valence-electron chi connectivity index (χ0n) is 9.22. The van der Waals surface area contributed by atoms with E-state index < -0.39 is 17.5 Å². The fourth-order valence-corrected chi connectivity index (χ4v) is 1.59. The molecule has 2 rings (SSSR count). The predicted octanol–water partition coefficient (Wildman–Crippen LogP) is 2.69. The first-order valence-corrected chi connectivity index (χ1v) is 5.71. The van der Waals surface area contributed by atoms with Gasteiger partial charge in [-0.3, -0.25) is 5.43 Å². The van der Waals surface area contributed by atoms with Gasteiger partial charge < -0.3 is 5.32 Å². The second-order valence-electron chi connectivity index (χ2n) is 3.41. The number of hydrazine groups is 1. The van der Waals surface area contributed by atoms with Gasteiger partial charge in [-0.2, -0.15) is 4.98 Å². The lowest BCUT2D eigenvalue weighted by Gasteiger charge is -2.10. The van der Waals surface area contributed by atoms with Crippen LogP contribution in [0.3, 0.4) is 0 Å². The topological polar surface area (TPSA) is 75.9 Å². The maximum Gasteiger partial charge on any atom is 0.239 e. The van der Waals surface area contributed by atoms with Crippen LogP contribution >= 0.6 is 15.9 Å². The largest absolute Gasteiger partial charge is 0.337 e. The molecule has 1 aromatic heterocycles. The molecule has 0 fully saturated rings.